The Morgan fingerprint density at radius 3 is 2.67 bits per heavy atom. The first kappa shape index (κ1) is 8.65. The molecule has 0 radical (unpaired) electrons. The highest BCUT2D eigenvalue weighted by molar-refractivity contribution is 5.52. The summed E-state index contributed by atoms with van der Waals surface area (Å²) in [5, 5.41) is 0. The van der Waals surface area contributed by atoms with Gasteiger partial charge in [0.1, 0.15) is 5.75 Å². The molecule has 1 aromatic carbocycles. The number of ether oxygens (including phenoxy) is 1. The summed E-state index contributed by atoms with van der Waals surface area (Å²) in [5.41, 5.74) is 6.34. The molecule has 0 unspecified atom stereocenters. The fraction of sp³-hybridized carbons (Fsp3) is 0.200. The summed E-state index contributed by atoms with van der Waals surface area (Å²) in [6, 6.07) is 7.45. The van der Waals surface area contributed by atoms with E-state index < -0.39 is 0 Å². The van der Waals surface area contributed by atoms with Crippen LogP contribution >= 0.6 is 0 Å². The number of hydrogen-bond donors (Lipinski definition) is 1. The molecule has 0 amide bonds. The average molecular weight is 163 g/mol. The lowest BCUT2D eigenvalue weighted by Crippen LogP contribution is -1.94. The quantitative estimate of drug-likeness (QED) is 0.537. The van der Waals surface area contributed by atoms with Gasteiger partial charge in [-0.1, -0.05) is 12.1 Å². The molecule has 64 valence electrons. The monoisotopic (exact) mass is 163 g/mol. The van der Waals surface area contributed by atoms with Crippen molar-refractivity contribution in [3.05, 3.63) is 36.1 Å². The number of rotatable bonds is 2. The van der Waals surface area contributed by atoms with E-state index in [0.29, 0.717) is 11.4 Å². The Morgan fingerprint density at radius 2 is 2.08 bits per heavy atom. The summed E-state index contributed by atoms with van der Waals surface area (Å²) in [4.78, 5) is 0. The molecule has 0 fully saturated rings. The van der Waals surface area contributed by atoms with Gasteiger partial charge in [0.15, 0.2) is 0 Å². The number of hydrogen-bond acceptors (Lipinski definition) is 2. The van der Waals surface area contributed by atoms with E-state index >= 15 is 0 Å². The molecule has 0 saturated heterocycles. The second kappa shape index (κ2) is 3.81. The highest BCUT2D eigenvalue weighted by Gasteiger charge is 1.97. The van der Waals surface area contributed by atoms with Crippen LogP contribution in [0.3, 0.4) is 0 Å². The van der Waals surface area contributed by atoms with Gasteiger partial charge in [0, 0.05) is 0 Å². The highest BCUT2D eigenvalue weighted by atomic mass is 16.5. The van der Waals surface area contributed by atoms with E-state index in [1.54, 1.807) is 0 Å². The predicted octanol–water partition coefficient (Wildman–Crippen LogP) is 2.57. The molecule has 0 atom stereocenters. The standard InChI is InChI=1S/C10H13NO/c1-3-8(2)12-10-7-5-4-6-9(10)11/h3-7H,11H2,1-2H3/b8-3+. The van der Waals surface area contributed by atoms with E-state index in [0.717, 1.165) is 5.76 Å². The summed E-state index contributed by atoms with van der Waals surface area (Å²) in [6.45, 7) is 3.82. The molecule has 2 N–H and O–H groups in total. The summed E-state index contributed by atoms with van der Waals surface area (Å²) in [6.07, 6.45) is 1.90. The Kier molecular flexibility index (Phi) is 2.75. The van der Waals surface area contributed by atoms with Gasteiger partial charge >= 0.3 is 0 Å². The molecule has 0 spiro atoms. The van der Waals surface area contributed by atoms with E-state index in [1.165, 1.54) is 0 Å². The maximum atomic E-state index is 5.67. The van der Waals surface area contributed by atoms with E-state index in [4.69, 9.17) is 10.5 Å². The number of benzene rings is 1. The van der Waals surface area contributed by atoms with Gasteiger partial charge in [0.05, 0.1) is 11.4 Å². The SMILES string of the molecule is C/C=C(\C)Oc1ccccc1N. The first-order valence-electron chi connectivity index (χ1n) is 3.89. The topological polar surface area (TPSA) is 35.2 Å². The van der Waals surface area contributed by atoms with Crippen molar-refractivity contribution in [3.63, 3.8) is 0 Å². The molecule has 0 aliphatic rings. The largest absolute Gasteiger partial charge is 0.460 e. The van der Waals surface area contributed by atoms with Crippen LogP contribution in [-0.4, -0.2) is 0 Å². The predicted molar refractivity (Wildman–Crippen MR) is 50.9 cm³/mol. The Morgan fingerprint density at radius 1 is 1.42 bits per heavy atom. The second-order valence-electron chi connectivity index (χ2n) is 2.54. The number of nitrogen functional groups attached to an aromatic ring is 1. The maximum Gasteiger partial charge on any atom is 0.149 e. The van der Waals surface area contributed by atoms with Crippen LogP contribution in [0.2, 0.25) is 0 Å². The molecule has 0 aliphatic heterocycles. The molecule has 2 nitrogen and oxygen atoms in total. The van der Waals surface area contributed by atoms with Crippen molar-refractivity contribution in [2.45, 2.75) is 13.8 Å². The number of allylic oxidation sites excluding steroid dienone is 2. The molecule has 2 heteroatoms. The molecule has 0 heterocycles. The van der Waals surface area contributed by atoms with Crippen molar-refractivity contribution in [3.8, 4) is 5.75 Å². The molecule has 0 aromatic heterocycles. The average Bonchev–Trinajstić information content (AvgIpc) is 2.09. The molecular weight excluding hydrogens is 150 g/mol. The van der Waals surface area contributed by atoms with Gasteiger partial charge in [-0.25, -0.2) is 0 Å². The van der Waals surface area contributed by atoms with Crippen LogP contribution in [0, 0.1) is 0 Å². The summed E-state index contributed by atoms with van der Waals surface area (Å²) in [5.74, 6) is 1.57. The van der Waals surface area contributed by atoms with Crippen LogP contribution in [0.1, 0.15) is 13.8 Å². The van der Waals surface area contributed by atoms with Gasteiger partial charge in [0.2, 0.25) is 0 Å². The molecular formula is C10H13NO. The Hall–Kier alpha value is -1.44. The Labute approximate surface area is 72.7 Å². The van der Waals surface area contributed by atoms with Crippen LogP contribution in [0.4, 0.5) is 5.69 Å². The van der Waals surface area contributed by atoms with Crippen LogP contribution in [0.15, 0.2) is 36.1 Å². The number of para-hydroxylation sites is 2. The summed E-state index contributed by atoms with van der Waals surface area (Å²) >= 11 is 0. The van der Waals surface area contributed by atoms with Crippen LogP contribution in [-0.2, 0) is 0 Å². The fourth-order valence-corrected chi connectivity index (χ4v) is 0.806. The normalized spacial score (nSPS) is 11.3. The van der Waals surface area contributed by atoms with Crippen LogP contribution < -0.4 is 10.5 Å². The molecule has 1 rings (SSSR count). The lowest BCUT2D eigenvalue weighted by Gasteiger charge is -2.06. The number of nitrogens with two attached hydrogens (primary N) is 1. The first-order valence-corrected chi connectivity index (χ1v) is 3.89. The summed E-state index contributed by atoms with van der Waals surface area (Å²) in [7, 11) is 0. The third kappa shape index (κ3) is 2.02. The van der Waals surface area contributed by atoms with E-state index in [9.17, 15) is 0 Å². The van der Waals surface area contributed by atoms with Gasteiger partial charge in [-0.3, -0.25) is 0 Å². The van der Waals surface area contributed by atoms with Gasteiger partial charge in [-0.15, -0.1) is 0 Å². The highest BCUT2D eigenvalue weighted by Crippen LogP contribution is 2.21. The van der Waals surface area contributed by atoms with Gasteiger partial charge in [0.25, 0.3) is 0 Å². The lowest BCUT2D eigenvalue weighted by atomic mass is 10.3. The van der Waals surface area contributed by atoms with Crippen molar-refractivity contribution in [2.75, 3.05) is 5.73 Å². The van der Waals surface area contributed by atoms with Crippen molar-refractivity contribution in [1.29, 1.82) is 0 Å². The maximum absolute atomic E-state index is 5.67. The van der Waals surface area contributed by atoms with Gasteiger partial charge < -0.3 is 10.5 Å². The minimum Gasteiger partial charge on any atom is -0.460 e. The minimum atomic E-state index is 0.665. The van der Waals surface area contributed by atoms with E-state index in [2.05, 4.69) is 0 Å². The first-order chi connectivity index (χ1) is 5.74. The summed E-state index contributed by atoms with van der Waals surface area (Å²) < 4.78 is 5.43. The molecule has 12 heavy (non-hydrogen) atoms. The van der Waals surface area contributed by atoms with Gasteiger partial charge in [-0.2, -0.15) is 0 Å². The Bertz CT molecular complexity index is 292. The van der Waals surface area contributed by atoms with Gasteiger partial charge in [-0.05, 0) is 32.1 Å². The number of anilines is 1. The van der Waals surface area contributed by atoms with Crippen LogP contribution in [0.25, 0.3) is 0 Å². The molecule has 0 bridgehead atoms. The van der Waals surface area contributed by atoms with E-state index in [1.807, 2.05) is 44.2 Å². The minimum absolute atomic E-state index is 0.665. The molecule has 0 saturated carbocycles. The smallest absolute Gasteiger partial charge is 0.149 e. The zero-order valence-corrected chi connectivity index (χ0v) is 7.37. The fourth-order valence-electron chi connectivity index (χ4n) is 0.806. The third-order valence-electron chi connectivity index (χ3n) is 1.60. The molecule has 0 aliphatic carbocycles. The van der Waals surface area contributed by atoms with Crippen molar-refractivity contribution in [1.82, 2.24) is 0 Å². The molecule has 1 aromatic rings. The second-order valence-corrected chi connectivity index (χ2v) is 2.54. The van der Waals surface area contributed by atoms with Crippen LogP contribution in [0.5, 0.6) is 5.75 Å². The third-order valence-corrected chi connectivity index (χ3v) is 1.60. The van der Waals surface area contributed by atoms with E-state index in [-0.39, 0.29) is 0 Å². The van der Waals surface area contributed by atoms with Crippen molar-refractivity contribution < 1.29 is 4.74 Å². The Balaban J connectivity index is 2.82. The lowest BCUT2D eigenvalue weighted by molar-refractivity contribution is 0.429. The zero-order chi connectivity index (χ0) is 8.97. The zero-order valence-electron chi connectivity index (χ0n) is 7.37. The van der Waals surface area contributed by atoms with Crippen molar-refractivity contribution >= 4 is 5.69 Å². The van der Waals surface area contributed by atoms with Crippen molar-refractivity contribution in [2.24, 2.45) is 0 Å².